The van der Waals surface area contributed by atoms with Gasteiger partial charge in [0.15, 0.2) is 0 Å². The summed E-state index contributed by atoms with van der Waals surface area (Å²) in [6, 6.07) is 15.2. The van der Waals surface area contributed by atoms with Crippen molar-refractivity contribution in [2.45, 2.75) is 12.6 Å². The van der Waals surface area contributed by atoms with Gasteiger partial charge in [0.05, 0.1) is 19.8 Å². The Hall–Kier alpha value is -3.03. The molecule has 0 radical (unpaired) electrons. The number of carbonyl (C=O) groups is 1. The Morgan fingerprint density at radius 1 is 1.14 bits per heavy atom. The highest BCUT2D eigenvalue weighted by Crippen LogP contribution is 2.24. The van der Waals surface area contributed by atoms with Gasteiger partial charge in [-0.05, 0) is 41.5 Å². The summed E-state index contributed by atoms with van der Waals surface area (Å²) in [4.78, 5) is 15.3. The van der Waals surface area contributed by atoms with Gasteiger partial charge >= 0.3 is 0 Å². The zero-order valence-electron chi connectivity index (χ0n) is 16.0. The second-order valence-electron chi connectivity index (χ2n) is 7.00. The van der Waals surface area contributed by atoms with E-state index in [4.69, 9.17) is 4.74 Å². The number of nitrogens with one attached hydrogen (secondary N) is 1. The van der Waals surface area contributed by atoms with Crippen LogP contribution in [-0.2, 0) is 16.1 Å². The van der Waals surface area contributed by atoms with Crippen LogP contribution < -0.4 is 5.32 Å². The Kier molecular flexibility index (Phi) is 5.97. The first-order valence-electron chi connectivity index (χ1n) is 9.63. The van der Waals surface area contributed by atoms with E-state index in [0.29, 0.717) is 32.8 Å². The number of hydrogen-bond donors (Lipinski definition) is 1. The number of aromatic nitrogens is 2. The molecule has 1 saturated heterocycles. The Morgan fingerprint density at radius 3 is 2.66 bits per heavy atom. The van der Waals surface area contributed by atoms with E-state index in [0.717, 1.165) is 16.8 Å². The molecule has 3 aromatic rings. The molecule has 6 nitrogen and oxygen atoms in total. The summed E-state index contributed by atoms with van der Waals surface area (Å²) < 4.78 is 20.7. The van der Waals surface area contributed by atoms with Gasteiger partial charge in [-0.25, -0.2) is 4.39 Å². The highest BCUT2D eigenvalue weighted by molar-refractivity contribution is 5.95. The zero-order chi connectivity index (χ0) is 20.1. The molecule has 7 heteroatoms. The number of anilines is 1. The number of nitrogens with zero attached hydrogens (tertiary/aromatic N) is 3. The lowest BCUT2D eigenvalue weighted by atomic mass is 10.0. The minimum atomic E-state index is -0.505. The van der Waals surface area contributed by atoms with Crippen LogP contribution in [0.3, 0.4) is 0 Å². The first kappa shape index (κ1) is 19.3. The van der Waals surface area contributed by atoms with Crippen LogP contribution in [0.15, 0.2) is 67.0 Å². The number of rotatable bonds is 6. The SMILES string of the molecule is O=C(Nc1cccc(Cn2cccn2)c1)[C@H](c1ccc(F)cc1)N1CCOCC1. The van der Waals surface area contributed by atoms with E-state index in [2.05, 4.69) is 15.3 Å². The fourth-order valence-corrected chi connectivity index (χ4v) is 3.55. The number of benzene rings is 2. The van der Waals surface area contributed by atoms with Crippen LogP contribution in [-0.4, -0.2) is 46.9 Å². The molecule has 1 aromatic heterocycles. The molecule has 1 fully saturated rings. The summed E-state index contributed by atoms with van der Waals surface area (Å²) in [6.07, 6.45) is 3.63. The van der Waals surface area contributed by atoms with E-state index in [-0.39, 0.29) is 11.7 Å². The van der Waals surface area contributed by atoms with E-state index in [1.54, 1.807) is 18.3 Å². The first-order chi connectivity index (χ1) is 14.2. The Morgan fingerprint density at radius 2 is 1.93 bits per heavy atom. The average molecular weight is 394 g/mol. The molecule has 29 heavy (non-hydrogen) atoms. The molecule has 0 aliphatic carbocycles. The van der Waals surface area contributed by atoms with E-state index >= 15 is 0 Å². The van der Waals surface area contributed by atoms with Crippen molar-refractivity contribution in [2.24, 2.45) is 0 Å². The standard InChI is InChI=1S/C22H23FN4O2/c23-19-7-5-18(6-8-19)21(26-11-13-29-14-12-26)22(28)25-20-4-1-3-17(15-20)16-27-10-2-9-24-27/h1-10,15,21H,11-14,16H2,(H,25,28)/t21-/m0/s1. The number of morpholine rings is 1. The smallest absolute Gasteiger partial charge is 0.246 e. The normalized spacial score (nSPS) is 15.8. The maximum atomic E-state index is 13.4. The highest BCUT2D eigenvalue weighted by Gasteiger charge is 2.29. The van der Waals surface area contributed by atoms with Crippen molar-refractivity contribution in [3.63, 3.8) is 0 Å². The van der Waals surface area contributed by atoms with Crippen molar-refractivity contribution in [2.75, 3.05) is 31.6 Å². The van der Waals surface area contributed by atoms with Gasteiger partial charge in [0.1, 0.15) is 11.9 Å². The fraction of sp³-hybridized carbons (Fsp3) is 0.273. The van der Waals surface area contributed by atoms with Gasteiger partial charge in [-0.15, -0.1) is 0 Å². The topological polar surface area (TPSA) is 59.4 Å². The van der Waals surface area contributed by atoms with Gasteiger partial charge in [0, 0.05) is 31.2 Å². The average Bonchev–Trinajstić information content (AvgIpc) is 3.24. The van der Waals surface area contributed by atoms with Gasteiger partial charge in [-0.3, -0.25) is 14.4 Å². The van der Waals surface area contributed by atoms with Gasteiger partial charge in [-0.2, -0.15) is 5.10 Å². The molecule has 1 aliphatic rings. The number of amides is 1. The lowest BCUT2D eigenvalue weighted by Crippen LogP contribution is -2.43. The van der Waals surface area contributed by atoms with Crippen LogP contribution in [0, 0.1) is 5.82 Å². The van der Waals surface area contributed by atoms with Crippen molar-refractivity contribution in [3.05, 3.63) is 83.9 Å². The fourth-order valence-electron chi connectivity index (χ4n) is 3.55. The summed E-state index contributed by atoms with van der Waals surface area (Å²) >= 11 is 0. The monoisotopic (exact) mass is 394 g/mol. The van der Waals surface area contributed by atoms with Gasteiger partial charge in [0.2, 0.25) is 5.91 Å². The lowest BCUT2D eigenvalue weighted by Gasteiger charge is -2.33. The second-order valence-corrected chi connectivity index (χ2v) is 7.00. The summed E-state index contributed by atoms with van der Waals surface area (Å²) in [7, 11) is 0. The van der Waals surface area contributed by atoms with Gasteiger partial charge in [-0.1, -0.05) is 24.3 Å². The largest absolute Gasteiger partial charge is 0.379 e. The van der Waals surface area contributed by atoms with Crippen molar-refractivity contribution in [1.29, 1.82) is 0 Å². The quantitative estimate of drug-likeness (QED) is 0.698. The van der Waals surface area contributed by atoms with Crippen LogP contribution in [0.4, 0.5) is 10.1 Å². The molecule has 1 amide bonds. The Labute approximate surface area is 168 Å². The van der Waals surface area contributed by atoms with Crippen LogP contribution in [0.1, 0.15) is 17.2 Å². The summed E-state index contributed by atoms with van der Waals surface area (Å²) in [5.41, 5.74) is 2.52. The Balaban J connectivity index is 1.53. The van der Waals surface area contributed by atoms with E-state index in [1.165, 1.54) is 12.1 Å². The second kappa shape index (κ2) is 8.98. The van der Waals surface area contributed by atoms with E-state index < -0.39 is 6.04 Å². The van der Waals surface area contributed by atoms with Crippen molar-refractivity contribution >= 4 is 11.6 Å². The maximum absolute atomic E-state index is 13.4. The summed E-state index contributed by atoms with van der Waals surface area (Å²) in [6.45, 7) is 3.07. The molecule has 0 saturated carbocycles. The third kappa shape index (κ3) is 4.88. The molecule has 4 rings (SSSR count). The molecule has 2 heterocycles. The predicted molar refractivity (Wildman–Crippen MR) is 108 cm³/mol. The van der Waals surface area contributed by atoms with Crippen LogP contribution in [0.25, 0.3) is 0 Å². The summed E-state index contributed by atoms with van der Waals surface area (Å²) in [5, 5.41) is 7.25. The third-order valence-electron chi connectivity index (χ3n) is 4.94. The lowest BCUT2D eigenvalue weighted by molar-refractivity contribution is -0.123. The number of hydrogen-bond acceptors (Lipinski definition) is 4. The van der Waals surface area contributed by atoms with Crippen molar-refractivity contribution in [1.82, 2.24) is 14.7 Å². The Bertz CT molecular complexity index is 938. The highest BCUT2D eigenvalue weighted by atomic mass is 19.1. The molecule has 1 atom stereocenters. The number of halogens is 1. The van der Waals surface area contributed by atoms with Crippen LogP contribution in [0.2, 0.25) is 0 Å². The molecular weight excluding hydrogens is 371 g/mol. The molecule has 0 unspecified atom stereocenters. The molecule has 1 N–H and O–H groups in total. The molecule has 0 spiro atoms. The number of ether oxygens (including phenoxy) is 1. The van der Waals surface area contributed by atoms with Crippen LogP contribution in [0.5, 0.6) is 0 Å². The maximum Gasteiger partial charge on any atom is 0.246 e. The van der Waals surface area contributed by atoms with Gasteiger partial charge in [0.25, 0.3) is 0 Å². The third-order valence-corrected chi connectivity index (χ3v) is 4.94. The minimum Gasteiger partial charge on any atom is -0.379 e. The molecular formula is C22H23FN4O2. The first-order valence-corrected chi connectivity index (χ1v) is 9.63. The van der Waals surface area contributed by atoms with Gasteiger partial charge < -0.3 is 10.1 Å². The molecule has 2 aromatic carbocycles. The zero-order valence-corrected chi connectivity index (χ0v) is 16.0. The number of carbonyl (C=O) groups excluding carboxylic acids is 1. The van der Waals surface area contributed by atoms with E-state index in [1.807, 2.05) is 41.2 Å². The predicted octanol–water partition coefficient (Wildman–Crippen LogP) is 3.08. The molecule has 0 bridgehead atoms. The van der Waals surface area contributed by atoms with E-state index in [9.17, 15) is 9.18 Å². The van der Waals surface area contributed by atoms with Crippen molar-refractivity contribution in [3.8, 4) is 0 Å². The minimum absolute atomic E-state index is 0.144. The van der Waals surface area contributed by atoms with Crippen LogP contribution >= 0.6 is 0 Å². The molecule has 1 aliphatic heterocycles. The van der Waals surface area contributed by atoms with Crippen molar-refractivity contribution < 1.29 is 13.9 Å². The summed E-state index contributed by atoms with van der Waals surface area (Å²) in [5.74, 6) is -0.462. The molecule has 150 valence electrons.